The standard InChI is InChI=1S/C7H10N2S/c1-4-5(2)7-6(3)8-10-9-7/h4H,1-3H3/b5-4-. The van der Waals surface area contributed by atoms with Crippen molar-refractivity contribution in [3.63, 3.8) is 0 Å². The zero-order chi connectivity index (χ0) is 7.56. The molecule has 0 fully saturated rings. The van der Waals surface area contributed by atoms with Crippen LogP contribution in [-0.4, -0.2) is 8.75 Å². The molecule has 0 aliphatic rings. The van der Waals surface area contributed by atoms with Gasteiger partial charge in [-0.3, -0.25) is 0 Å². The van der Waals surface area contributed by atoms with Gasteiger partial charge in [-0.25, -0.2) is 0 Å². The van der Waals surface area contributed by atoms with Gasteiger partial charge in [-0.05, 0) is 26.3 Å². The molecule has 0 bridgehead atoms. The van der Waals surface area contributed by atoms with E-state index in [0.29, 0.717) is 0 Å². The molecule has 1 aromatic heterocycles. The fourth-order valence-corrected chi connectivity index (χ4v) is 1.33. The largest absolute Gasteiger partial charge is 0.178 e. The van der Waals surface area contributed by atoms with E-state index in [1.165, 1.54) is 17.3 Å². The van der Waals surface area contributed by atoms with Crippen LogP contribution in [0.3, 0.4) is 0 Å². The van der Waals surface area contributed by atoms with Crippen LogP contribution in [0.5, 0.6) is 0 Å². The third-order valence-corrected chi connectivity index (χ3v) is 2.08. The van der Waals surface area contributed by atoms with Gasteiger partial charge in [0.25, 0.3) is 0 Å². The van der Waals surface area contributed by atoms with Gasteiger partial charge in [0.15, 0.2) is 0 Å². The number of hydrogen-bond donors (Lipinski definition) is 0. The molecule has 1 heterocycles. The molecular formula is C7H10N2S. The average Bonchev–Trinajstić information content (AvgIpc) is 2.34. The van der Waals surface area contributed by atoms with Gasteiger partial charge in [0.05, 0.1) is 17.4 Å². The van der Waals surface area contributed by atoms with Crippen molar-refractivity contribution in [2.45, 2.75) is 20.8 Å². The molecule has 54 valence electrons. The van der Waals surface area contributed by atoms with Crippen LogP contribution >= 0.6 is 11.7 Å². The van der Waals surface area contributed by atoms with Gasteiger partial charge in [-0.1, -0.05) is 6.08 Å². The van der Waals surface area contributed by atoms with Crippen LogP contribution in [-0.2, 0) is 0 Å². The number of allylic oxidation sites excluding steroid dienone is 2. The molecule has 3 heteroatoms. The van der Waals surface area contributed by atoms with Crippen molar-refractivity contribution >= 4 is 17.3 Å². The first-order valence-corrected chi connectivity index (χ1v) is 3.91. The van der Waals surface area contributed by atoms with Crippen molar-refractivity contribution in [1.82, 2.24) is 8.75 Å². The van der Waals surface area contributed by atoms with Gasteiger partial charge in [0, 0.05) is 0 Å². The second-order valence-corrected chi connectivity index (χ2v) is 2.70. The highest BCUT2D eigenvalue weighted by Crippen LogP contribution is 2.14. The lowest BCUT2D eigenvalue weighted by atomic mass is 10.2. The van der Waals surface area contributed by atoms with E-state index >= 15 is 0 Å². The zero-order valence-electron chi connectivity index (χ0n) is 6.38. The summed E-state index contributed by atoms with van der Waals surface area (Å²) in [5, 5.41) is 0. The molecule has 0 atom stereocenters. The Labute approximate surface area is 64.9 Å². The Hall–Kier alpha value is -0.700. The molecule has 1 aromatic rings. The maximum absolute atomic E-state index is 4.15. The molecule has 2 nitrogen and oxygen atoms in total. The van der Waals surface area contributed by atoms with Gasteiger partial charge in [0.1, 0.15) is 5.69 Å². The molecule has 0 amide bonds. The van der Waals surface area contributed by atoms with Crippen molar-refractivity contribution in [3.8, 4) is 0 Å². The first kappa shape index (κ1) is 7.41. The minimum atomic E-state index is 1.03. The molecule has 0 aliphatic heterocycles. The summed E-state index contributed by atoms with van der Waals surface area (Å²) in [5.74, 6) is 0. The van der Waals surface area contributed by atoms with E-state index in [1.807, 2.05) is 26.8 Å². The molecule has 0 saturated carbocycles. The number of aromatic nitrogens is 2. The van der Waals surface area contributed by atoms with Crippen LogP contribution in [0.1, 0.15) is 25.2 Å². The van der Waals surface area contributed by atoms with Crippen LogP contribution in [0.25, 0.3) is 5.57 Å². The van der Waals surface area contributed by atoms with Gasteiger partial charge >= 0.3 is 0 Å². The Morgan fingerprint density at radius 3 is 2.60 bits per heavy atom. The Morgan fingerprint density at radius 1 is 1.50 bits per heavy atom. The van der Waals surface area contributed by atoms with Crippen LogP contribution in [0.15, 0.2) is 6.08 Å². The first-order valence-electron chi connectivity index (χ1n) is 3.18. The van der Waals surface area contributed by atoms with E-state index in [1.54, 1.807) is 0 Å². The number of hydrogen-bond acceptors (Lipinski definition) is 3. The lowest BCUT2D eigenvalue weighted by Gasteiger charge is -1.92. The predicted molar refractivity (Wildman–Crippen MR) is 44.0 cm³/mol. The summed E-state index contributed by atoms with van der Waals surface area (Å²) in [4.78, 5) is 0. The quantitative estimate of drug-likeness (QED) is 0.620. The smallest absolute Gasteiger partial charge is 0.102 e. The third-order valence-electron chi connectivity index (χ3n) is 1.46. The van der Waals surface area contributed by atoms with Crippen LogP contribution in [0.2, 0.25) is 0 Å². The minimum absolute atomic E-state index is 1.03. The molecule has 0 unspecified atom stereocenters. The molecule has 0 aliphatic carbocycles. The maximum atomic E-state index is 4.15. The van der Waals surface area contributed by atoms with Crippen molar-refractivity contribution in [2.75, 3.05) is 0 Å². The van der Waals surface area contributed by atoms with E-state index in [-0.39, 0.29) is 0 Å². The van der Waals surface area contributed by atoms with Gasteiger partial charge < -0.3 is 0 Å². The topological polar surface area (TPSA) is 25.8 Å². The van der Waals surface area contributed by atoms with Crippen molar-refractivity contribution in [3.05, 3.63) is 17.5 Å². The van der Waals surface area contributed by atoms with Crippen molar-refractivity contribution < 1.29 is 0 Å². The van der Waals surface area contributed by atoms with E-state index in [2.05, 4.69) is 8.75 Å². The number of nitrogens with zero attached hydrogens (tertiary/aromatic N) is 2. The molecule has 0 spiro atoms. The first-order chi connectivity index (χ1) is 4.75. The highest BCUT2D eigenvalue weighted by molar-refractivity contribution is 6.99. The highest BCUT2D eigenvalue weighted by atomic mass is 32.1. The molecule has 10 heavy (non-hydrogen) atoms. The van der Waals surface area contributed by atoms with E-state index in [4.69, 9.17) is 0 Å². The highest BCUT2D eigenvalue weighted by Gasteiger charge is 2.02. The fraction of sp³-hybridized carbons (Fsp3) is 0.429. The van der Waals surface area contributed by atoms with Gasteiger partial charge in [0.2, 0.25) is 0 Å². The summed E-state index contributed by atoms with van der Waals surface area (Å²) in [7, 11) is 0. The molecule has 0 radical (unpaired) electrons. The average molecular weight is 154 g/mol. The predicted octanol–water partition coefficient (Wildman–Crippen LogP) is 2.27. The summed E-state index contributed by atoms with van der Waals surface area (Å²) >= 11 is 1.27. The van der Waals surface area contributed by atoms with E-state index in [9.17, 15) is 0 Å². The maximum Gasteiger partial charge on any atom is 0.102 e. The third kappa shape index (κ3) is 1.24. The Bertz CT molecular complexity index is 250. The second kappa shape index (κ2) is 2.92. The monoisotopic (exact) mass is 154 g/mol. The summed E-state index contributed by atoms with van der Waals surface area (Å²) in [5.41, 5.74) is 3.26. The molecule has 0 aromatic carbocycles. The van der Waals surface area contributed by atoms with E-state index in [0.717, 1.165) is 11.4 Å². The zero-order valence-corrected chi connectivity index (χ0v) is 7.20. The van der Waals surface area contributed by atoms with Crippen molar-refractivity contribution in [1.29, 1.82) is 0 Å². The minimum Gasteiger partial charge on any atom is -0.178 e. The molecule has 0 N–H and O–H groups in total. The number of rotatable bonds is 1. The molecular weight excluding hydrogens is 144 g/mol. The summed E-state index contributed by atoms with van der Waals surface area (Å²) < 4.78 is 8.22. The SMILES string of the molecule is C/C=C(/C)c1nsnc1C. The normalized spacial score (nSPS) is 12.1. The summed E-state index contributed by atoms with van der Waals surface area (Å²) in [6, 6.07) is 0. The van der Waals surface area contributed by atoms with Crippen LogP contribution < -0.4 is 0 Å². The molecule has 1 rings (SSSR count). The van der Waals surface area contributed by atoms with Gasteiger partial charge in [-0.2, -0.15) is 8.75 Å². The lowest BCUT2D eigenvalue weighted by Crippen LogP contribution is -1.81. The fourth-order valence-electron chi connectivity index (χ4n) is 0.726. The van der Waals surface area contributed by atoms with Gasteiger partial charge in [-0.15, -0.1) is 0 Å². The van der Waals surface area contributed by atoms with E-state index < -0.39 is 0 Å². The summed E-state index contributed by atoms with van der Waals surface area (Å²) in [6.07, 6.45) is 2.05. The number of aryl methyl sites for hydroxylation is 1. The van der Waals surface area contributed by atoms with Crippen molar-refractivity contribution in [2.24, 2.45) is 0 Å². The van der Waals surface area contributed by atoms with Crippen LogP contribution in [0, 0.1) is 6.92 Å². The Morgan fingerprint density at radius 2 is 2.20 bits per heavy atom. The molecule has 0 saturated heterocycles. The second-order valence-electron chi connectivity index (χ2n) is 2.17. The Balaban J connectivity index is 3.05. The van der Waals surface area contributed by atoms with Crippen LogP contribution in [0.4, 0.5) is 0 Å². The Kier molecular flexibility index (Phi) is 2.17. The summed E-state index contributed by atoms with van der Waals surface area (Å²) in [6.45, 7) is 6.03. The lowest BCUT2D eigenvalue weighted by molar-refractivity contribution is 1.27.